The third-order valence-electron chi connectivity index (χ3n) is 7.13. The summed E-state index contributed by atoms with van der Waals surface area (Å²) < 4.78 is 11.0. The fourth-order valence-corrected chi connectivity index (χ4v) is 4.80. The van der Waals surface area contributed by atoms with Gasteiger partial charge in [-0.05, 0) is 77.2 Å². The first-order valence-electron chi connectivity index (χ1n) is 15.3. The highest BCUT2D eigenvalue weighted by Gasteiger charge is 2.33. The van der Waals surface area contributed by atoms with E-state index in [0.29, 0.717) is 25.3 Å². The Morgan fingerprint density at radius 3 is 2.14 bits per heavy atom. The monoisotopic (exact) mass is 612 g/mol. The number of ether oxygens (including phenoxy) is 2. The van der Waals surface area contributed by atoms with Crippen LogP contribution in [0.15, 0.2) is 54.6 Å². The number of amides is 3. The first kappa shape index (κ1) is 36.6. The molecule has 244 valence electrons. The van der Waals surface area contributed by atoms with E-state index in [4.69, 9.17) is 9.47 Å². The zero-order valence-corrected chi connectivity index (χ0v) is 27.6. The van der Waals surface area contributed by atoms with Crippen LogP contribution in [0, 0.1) is 11.8 Å². The van der Waals surface area contributed by atoms with Crippen molar-refractivity contribution in [3.8, 4) is 5.75 Å². The molecule has 0 radical (unpaired) electrons. The molecule has 44 heavy (non-hydrogen) atoms. The maximum absolute atomic E-state index is 13.9. The Balaban J connectivity index is 2.35. The van der Waals surface area contributed by atoms with Gasteiger partial charge in [-0.15, -0.1) is 0 Å². The average Bonchev–Trinajstić information content (AvgIpc) is 2.94. The molecule has 0 bridgehead atoms. The number of likely N-dealkylation sites (N-methyl/N-ethyl adjacent to an activating group) is 1. The molecule has 0 aliphatic carbocycles. The summed E-state index contributed by atoms with van der Waals surface area (Å²) in [7, 11) is 5.41. The number of nitrogens with one attached hydrogen (secondary N) is 3. The van der Waals surface area contributed by atoms with E-state index in [0.717, 1.165) is 11.1 Å². The Bertz CT molecular complexity index is 1180. The van der Waals surface area contributed by atoms with Gasteiger partial charge in [0, 0.05) is 19.0 Å². The van der Waals surface area contributed by atoms with Crippen LogP contribution in [0.2, 0.25) is 0 Å². The van der Waals surface area contributed by atoms with E-state index in [9.17, 15) is 19.5 Å². The average molecular weight is 613 g/mol. The maximum atomic E-state index is 13.9. The molecule has 0 saturated carbocycles. The minimum absolute atomic E-state index is 0.0181. The molecule has 4 atom stereocenters. The molecule has 2 aromatic carbocycles. The molecule has 0 unspecified atom stereocenters. The van der Waals surface area contributed by atoms with Crippen LogP contribution in [0.4, 0.5) is 4.79 Å². The minimum atomic E-state index is -1.11. The second kappa shape index (κ2) is 17.6. The summed E-state index contributed by atoms with van der Waals surface area (Å²) in [4.78, 5) is 41.7. The van der Waals surface area contributed by atoms with Gasteiger partial charge in [-0.25, -0.2) is 4.79 Å². The molecule has 3 amide bonds. The van der Waals surface area contributed by atoms with Crippen molar-refractivity contribution in [3.05, 3.63) is 65.7 Å². The zero-order chi connectivity index (χ0) is 32.9. The SMILES string of the molecule is COc1ccccc1C[C@H](C[C@H](O)[C@H](Cc1ccccc1)NC(=O)OC(C)(C)C)C(=O)N[C@H](C(=O)NCCN(C)C)C(C)C. The third-order valence-corrected chi connectivity index (χ3v) is 7.13. The number of hydrogen-bond donors (Lipinski definition) is 4. The molecule has 2 rings (SSSR count). The molecule has 4 N–H and O–H groups in total. The fraction of sp³-hybridized carbons (Fsp3) is 0.559. The van der Waals surface area contributed by atoms with E-state index >= 15 is 0 Å². The van der Waals surface area contributed by atoms with Crippen molar-refractivity contribution in [3.63, 3.8) is 0 Å². The molecule has 0 saturated heterocycles. The van der Waals surface area contributed by atoms with Gasteiger partial charge < -0.3 is 35.4 Å². The number of carbonyl (C=O) groups excluding carboxylic acids is 3. The van der Waals surface area contributed by atoms with E-state index in [1.807, 2.05) is 87.4 Å². The van der Waals surface area contributed by atoms with Crippen LogP contribution in [-0.4, -0.2) is 86.0 Å². The number of nitrogens with zero attached hydrogens (tertiary/aromatic N) is 1. The Labute approximate surface area is 262 Å². The number of methoxy groups -OCH3 is 1. The van der Waals surface area contributed by atoms with Gasteiger partial charge in [0.2, 0.25) is 11.8 Å². The van der Waals surface area contributed by atoms with E-state index in [1.165, 1.54) is 0 Å². The molecule has 10 heteroatoms. The van der Waals surface area contributed by atoms with Crippen molar-refractivity contribution in [2.45, 2.75) is 77.7 Å². The number of para-hydroxylation sites is 1. The quantitative estimate of drug-likeness (QED) is 0.228. The summed E-state index contributed by atoms with van der Waals surface area (Å²) >= 11 is 0. The van der Waals surface area contributed by atoms with Gasteiger partial charge in [0.05, 0.1) is 19.3 Å². The molecule has 0 aliphatic heterocycles. The molecule has 0 aliphatic rings. The lowest BCUT2D eigenvalue weighted by Crippen LogP contribution is -2.53. The summed E-state index contributed by atoms with van der Waals surface area (Å²) in [6.45, 7) is 10.2. The van der Waals surface area contributed by atoms with Gasteiger partial charge in [0.1, 0.15) is 17.4 Å². The van der Waals surface area contributed by atoms with Gasteiger partial charge in [0.15, 0.2) is 0 Å². The maximum Gasteiger partial charge on any atom is 0.407 e. The predicted molar refractivity (Wildman–Crippen MR) is 172 cm³/mol. The topological polar surface area (TPSA) is 129 Å². The van der Waals surface area contributed by atoms with Crippen molar-refractivity contribution in [2.24, 2.45) is 11.8 Å². The van der Waals surface area contributed by atoms with Crippen LogP contribution in [-0.2, 0) is 27.2 Å². The van der Waals surface area contributed by atoms with Crippen molar-refractivity contribution < 1.29 is 29.0 Å². The summed E-state index contributed by atoms with van der Waals surface area (Å²) in [6, 6.07) is 15.4. The van der Waals surface area contributed by atoms with Crippen LogP contribution in [0.5, 0.6) is 5.75 Å². The first-order chi connectivity index (χ1) is 20.7. The second-order valence-corrected chi connectivity index (χ2v) is 12.8. The van der Waals surface area contributed by atoms with Gasteiger partial charge in [0.25, 0.3) is 0 Å². The molecule has 0 fully saturated rings. The molecule has 10 nitrogen and oxygen atoms in total. The minimum Gasteiger partial charge on any atom is -0.496 e. The van der Waals surface area contributed by atoms with Crippen molar-refractivity contribution in [1.29, 1.82) is 0 Å². The summed E-state index contributed by atoms with van der Waals surface area (Å²) in [5.74, 6) is -0.924. The summed E-state index contributed by atoms with van der Waals surface area (Å²) in [6.07, 6.45) is -1.17. The van der Waals surface area contributed by atoms with Crippen LogP contribution in [0.25, 0.3) is 0 Å². The van der Waals surface area contributed by atoms with E-state index in [-0.39, 0.29) is 30.6 Å². The lowest BCUT2D eigenvalue weighted by Gasteiger charge is -2.30. The predicted octanol–water partition coefficient (Wildman–Crippen LogP) is 3.56. The Hall–Kier alpha value is -3.63. The molecular weight excluding hydrogens is 560 g/mol. The highest BCUT2D eigenvalue weighted by atomic mass is 16.6. The van der Waals surface area contributed by atoms with Gasteiger partial charge >= 0.3 is 6.09 Å². The van der Waals surface area contributed by atoms with Gasteiger partial charge in [-0.3, -0.25) is 9.59 Å². The van der Waals surface area contributed by atoms with Crippen LogP contribution < -0.4 is 20.7 Å². The third kappa shape index (κ3) is 12.9. The van der Waals surface area contributed by atoms with Crippen LogP contribution in [0.1, 0.15) is 52.2 Å². The van der Waals surface area contributed by atoms with Crippen LogP contribution in [0.3, 0.4) is 0 Å². The summed E-state index contributed by atoms with van der Waals surface area (Å²) in [5, 5.41) is 20.3. The van der Waals surface area contributed by atoms with Crippen LogP contribution >= 0.6 is 0 Å². The molecule has 0 aromatic heterocycles. The lowest BCUT2D eigenvalue weighted by molar-refractivity contribution is -0.132. The first-order valence-corrected chi connectivity index (χ1v) is 15.3. The number of carbonyl (C=O) groups is 3. The Morgan fingerprint density at radius 2 is 1.55 bits per heavy atom. The highest BCUT2D eigenvalue weighted by molar-refractivity contribution is 5.88. The standard InChI is InChI=1S/C34H52N4O6/c1-23(2)30(32(41)35-18-19-38(6)7)37-31(40)26(21-25-16-12-13-17-29(25)43-8)22-28(39)27(20-24-14-10-9-11-15-24)36-33(42)44-34(3,4)5/h9-17,23,26-28,30,39H,18-22H2,1-8H3,(H,35,41)(H,36,42)(H,37,40)/t26-,27+,28+,30+/m1/s1. The molecule has 0 heterocycles. The van der Waals surface area contributed by atoms with Crippen molar-refractivity contribution in [2.75, 3.05) is 34.3 Å². The van der Waals surface area contributed by atoms with E-state index in [2.05, 4.69) is 16.0 Å². The van der Waals surface area contributed by atoms with Gasteiger partial charge in [-0.2, -0.15) is 0 Å². The molecule has 2 aromatic rings. The van der Waals surface area contributed by atoms with Crippen molar-refractivity contribution >= 4 is 17.9 Å². The normalized spacial score (nSPS) is 14.3. The van der Waals surface area contributed by atoms with Crippen molar-refractivity contribution in [1.82, 2.24) is 20.9 Å². The number of benzene rings is 2. The molecule has 0 spiro atoms. The van der Waals surface area contributed by atoms with Gasteiger partial charge in [-0.1, -0.05) is 62.4 Å². The Kier molecular flexibility index (Phi) is 14.6. The number of aliphatic hydroxyl groups excluding tert-OH is 1. The number of hydrogen-bond acceptors (Lipinski definition) is 7. The second-order valence-electron chi connectivity index (χ2n) is 12.8. The summed E-state index contributed by atoms with van der Waals surface area (Å²) in [5.41, 5.74) is 0.976. The number of rotatable bonds is 16. The molecular formula is C34H52N4O6. The Morgan fingerprint density at radius 1 is 0.909 bits per heavy atom. The number of aliphatic hydroxyl groups is 1. The smallest absolute Gasteiger partial charge is 0.407 e. The lowest BCUT2D eigenvalue weighted by atomic mass is 9.88. The highest BCUT2D eigenvalue weighted by Crippen LogP contribution is 2.25. The zero-order valence-electron chi connectivity index (χ0n) is 27.6. The largest absolute Gasteiger partial charge is 0.496 e. The van der Waals surface area contributed by atoms with E-state index < -0.39 is 35.8 Å². The van der Waals surface area contributed by atoms with E-state index in [1.54, 1.807) is 27.9 Å². The number of alkyl carbamates (subject to hydrolysis) is 1. The fourth-order valence-electron chi connectivity index (χ4n) is 4.80.